The molecule has 0 amide bonds. The van der Waals surface area contributed by atoms with Crippen LogP contribution in [0.1, 0.15) is 18.4 Å². The van der Waals surface area contributed by atoms with Gasteiger partial charge in [0.2, 0.25) is 0 Å². The van der Waals surface area contributed by atoms with E-state index in [1.54, 1.807) is 7.11 Å². The Kier molecular flexibility index (Phi) is 4.93. The summed E-state index contributed by atoms with van der Waals surface area (Å²) in [6, 6.07) is 10.1. The molecule has 0 aromatic heterocycles. The fourth-order valence-corrected chi connectivity index (χ4v) is 2.07. The Labute approximate surface area is 108 Å². The van der Waals surface area contributed by atoms with Crippen LogP contribution in [0.5, 0.6) is 0 Å². The summed E-state index contributed by atoms with van der Waals surface area (Å²) in [5, 5.41) is 0. The van der Waals surface area contributed by atoms with Crippen LogP contribution in [-0.4, -0.2) is 26.1 Å². The number of benzene rings is 1. The van der Waals surface area contributed by atoms with Crippen molar-refractivity contribution in [1.82, 2.24) is 0 Å². The van der Waals surface area contributed by atoms with E-state index in [1.165, 1.54) is 11.1 Å². The monoisotopic (exact) mass is 248 g/mol. The lowest BCUT2D eigenvalue weighted by atomic mass is 10.0. The molecule has 0 aliphatic carbocycles. The topological polar surface area (TPSA) is 27.7 Å². The molecule has 1 heterocycles. The van der Waals surface area contributed by atoms with Crippen molar-refractivity contribution in [2.24, 2.45) is 0 Å². The highest BCUT2D eigenvalue weighted by molar-refractivity contribution is 5.13. The van der Waals surface area contributed by atoms with E-state index in [4.69, 9.17) is 14.2 Å². The Morgan fingerprint density at radius 2 is 2.06 bits per heavy atom. The molecule has 0 radical (unpaired) electrons. The third kappa shape index (κ3) is 3.95. The van der Waals surface area contributed by atoms with Gasteiger partial charge in [0.05, 0.1) is 19.3 Å². The average Bonchev–Trinajstić information content (AvgIpc) is 2.39. The van der Waals surface area contributed by atoms with Gasteiger partial charge in [0.15, 0.2) is 6.29 Å². The van der Waals surface area contributed by atoms with Crippen LogP contribution >= 0.6 is 0 Å². The van der Waals surface area contributed by atoms with E-state index in [-0.39, 0.29) is 12.4 Å². The zero-order valence-electron chi connectivity index (χ0n) is 10.8. The maximum Gasteiger partial charge on any atom is 0.161 e. The van der Waals surface area contributed by atoms with Crippen molar-refractivity contribution in [1.29, 1.82) is 0 Å². The third-order valence-corrected chi connectivity index (χ3v) is 2.99. The highest BCUT2D eigenvalue weighted by Gasteiger charge is 2.24. The second-order valence-electron chi connectivity index (χ2n) is 4.58. The lowest BCUT2D eigenvalue weighted by Gasteiger charge is -2.30. The normalized spacial score (nSPS) is 24.2. The smallest absolute Gasteiger partial charge is 0.161 e. The zero-order valence-corrected chi connectivity index (χ0v) is 10.8. The molecule has 1 saturated heterocycles. The summed E-state index contributed by atoms with van der Waals surface area (Å²) in [7, 11) is 1.66. The van der Waals surface area contributed by atoms with Gasteiger partial charge in [-0.25, -0.2) is 0 Å². The van der Waals surface area contributed by atoms with E-state index in [0.717, 1.165) is 12.8 Å². The van der Waals surface area contributed by atoms with Gasteiger partial charge in [0, 0.05) is 13.5 Å². The first-order valence-corrected chi connectivity index (χ1v) is 6.24. The fraction of sp³-hybridized carbons (Fsp3) is 0.467. The van der Waals surface area contributed by atoms with Crippen molar-refractivity contribution in [3.63, 3.8) is 0 Å². The van der Waals surface area contributed by atoms with Gasteiger partial charge in [-0.1, -0.05) is 42.5 Å². The molecule has 1 fully saturated rings. The van der Waals surface area contributed by atoms with E-state index in [9.17, 15) is 0 Å². The van der Waals surface area contributed by atoms with Gasteiger partial charge in [-0.15, -0.1) is 0 Å². The maximum atomic E-state index is 5.74. The molecule has 18 heavy (non-hydrogen) atoms. The first-order valence-electron chi connectivity index (χ1n) is 6.24. The Bertz CT molecular complexity index is 375. The molecule has 1 aromatic rings. The molecule has 1 aliphatic heterocycles. The van der Waals surface area contributed by atoms with Gasteiger partial charge in [-0.2, -0.15) is 0 Å². The summed E-state index contributed by atoms with van der Waals surface area (Å²) < 4.78 is 16.6. The number of hydrogen-bond acceptors (Lipinski definition) is 3. The summed E-state index contributed by atoms with van der Waals surface area (Å²) in [6.45, 7) is 5.21. The van der Waals surface area contributed by atoms with Crippen LogP contribution in [0.4, 0.5) is 0 Å². The molecule has 0 unspecified atom stereocenters. The first-order chi connectivity index (χ1) is 8.78. The second-order valence-corrected chi connectivity index (χ2v) is 4.58. The minimum atomic E-state index is -0.170. The minimum Gasteiger partial charge on any atom is -0.374 e. The van der Waals surface area contributed by atoms with Crippen molar-refractivity contribution in [2.75, 3.05) is 13.7 Å². The highest BCUT2D eigenvalue weighted by Crippen LogP contribution is 2.23. The van der Waals surface area contributed by atoms with Crippen molar-refractivity contribution < 1.29 is 14.2 Å². The number of hydrogen-bond donors (Lipinski definition) is 0. The lowest BCUT2D eigenvalue weighted by molar-refractivity contribution is -0.181. The number of methoxy groups -OCH3 is 1. The van der Waals surface area contributed by atoms with Crippen LogP contribution in [0.3, 0.4) is 0 Å². The average molecular weight is 248 g/mol. The molecule has 1 aliphatic rings. The quantitative estimate of drug-likeness (QED) is 0.750. The molecule has 0 N–H and O–H groups in total. The zero-order chi connectivity index (χ0) is 12.8. The van der Waals surface area contributed by atoms with Crippen molar-refractivity contribution in [3.8, 4) is 0 Å². The predicted octanol–water partition coefficient (Wildman–Crippen LogP) is 2.91. The lowest BCUT2D eigenvalue weighted by Crippen LogP contribution is -2.33. The van der Waals surface area contributed by atoms with Crippen LogP contribution in [0, 0.1) is 0 Å². The Hall–Kier alpha value is -1.16. The standard InChI is InChI=1S/C15H20O3/c1-12-8-14(18-15(9-12)16-2)11-17-10-13-6-4-3-5-7-13/h3-7,14-15H,1,8-11H2,2H3/t14-,15-/m1/s1. The van der Waals surface area contributed by atoms with Crippen LogP contribution in [0.15, 0.2) is 42.5 Å². The molecule has 3 heteroatoms. The van der Waals surface area contributed by atoms with E-state index < -0.39 is 0 Å². The van der Waals surface area contributed by atoms with Crippen LogP contribution in [-0.2, 0) is 20.8 Å². The first kappa shape index (κ1) is 13.3. The molecule has 0 bridgehead atoms. The number of ether oxygens (including phenoxy) is 3. The molecule has 0 saturated carbocycles. The van der Waals surface area contributed by atoms with Crippen molar-refractivity contribution in [3.05, 3.63) is 48.0 Å². The maximum absolute atomic E-state index is 5.74. The van der Waals surface area contributed by atoms with Gasteiger partial charge < -0.3 is 14.2 Å². The van der Waals surface area contributed by atoms with Gasteiger partial charge in [0.1, 0.15) is 0 Å². The molecule has 2 atom stereocenters. The SMILES string of the molecule is C=C1C[C@H](COCc2ccccc2)O[C@@H](OC)C1. The van der Waals surface area contributed by atoms with E-state index in [0.29, 0.717) is 13.2 Å². The molecule has 98 valence electrons. The summed E-state index contributed by atoms with van der Waals surface area (Å²) in [5.74, 6) is 0. The van der Waals surface area contributed by atoms with Gasteiger partial charge >= 0.3 is 0 Å². The molecule has 3 nitrogen and oxygen atoms in total. The third-order valence-electron chi connectivity index (χ3n) is 2.99. The minimum absolute atomic E-state index is 0.0555. The number of rotatable bonds is 5. The summed E-state index contributed by atoms with van der Waals surface area (Å²) in [5.41, 5.74) is 2.34. The summed E-state index contributed by atoms with van der Waals surface area (Å²) >= 11 is 0. The molecule has 2 rings (SSSR count). The van der Waals surface area contributed by atoms with Crippen molar-refractivity contribution >= 4 is 0 Å². The summed E-state index contributed by atoms with van der Waals surface area (Å²) in [4.78, 5) is 0. The van der Waals surface area contributed by atoms with Crippen LogP contribution in [0.25, 0.3) is 0 Å². The van der Waals surface area contributed by atoms with E-state index in [2.05, 4.69) is 18.7 Å². The predicted molar refractivity (Wildman–Crippen MR) is 70.1 cm³/mol. The molecular weight excluding hydrogens is 228 g/mol. The van der Waals surface area contributed by atoms with Gasteiger partial charge in [-0.3, -0.25) is 0 Å². The Morgan fingerprint density at radius 1 is 1.28 bits per heavy atom. The molecular formula is C15H20O3. The van der Waals surface area contributed by atoms with Crippen LogP contribution < -0.4 is 0 Å². The van der Waals surface area contributed by atoms with E-state index >= 15 is 0 Å². The van der Waals surface area contributed by atoms with Crippen LogP contribution in [0.2, 0.25) is 0 Å². The van der Waals surface area contributed by atoms with Crippen molar-refractivity contribution in [2.45, 2.75) is 31.8 Å². The highest BCUT2D eigenvalue weighted by atomic mass is 16.7. The molecule has 0 spiro atoms. The summed E-state index contributed by atoms with van der Waals surface area (Å²) in [6.07, 6.45) is 1.52. The fourth-order valence-electron chi connectivity index (χ4n) is 2.07. The van der Waals surface area contributed by atoms with Gasteiger partial charge in [-0.05, 0) is 12.0 Å². The Morgan fingerprint density at radius 3 is 2.78 bits per heavy atom. The largest absolute Gasteiger partial charge is 0.374 e. The van der Waals surface area contributed by atoms with E-state index in [1.807, 2.05) is 18.2 Å². The Balaban J connectivity index is 1.74. The molecule has 1 aromatic carbocycles. The second kappa shape index (κ2) is 6.69. The van der Waals surface area contributed by atoms with Gasteiger partial charge in [0.25, 0.3) is 0 Å².